The first-order chi connectivity index (χ1) is 8.65. The average Bonchev–Trinajstić information content (AvgIpc) is 2.74. The lowest BCUT2D eigenvalue weighted by atomic mass is 10.1. The molecule has 1 fully saturated rings. The number of imidazole rings is 1. The van der Waals surface area contributed by atoms with Crippen LogP contribution in [0.4, 0.5) is 0 Å². The van der Waals surface area contributed by atoms with Crippen molar-refractivity contribution in [3.63, 3.8) is 0 Å². The van der Waals surface area contributed by atoms with Crippen LogP contribution in [0, 0.1) is 0 Å². The monoisotopic (exact) mass is 285 g/mol. The molecule has 3 rings (SSSR count). The predicted octanol–water partition coefficient (Wildman–Crippen LogP) is 2.40. The summed E-state index contributed by atoms with van der Waals surface area (Å²) in [6.07, 6.45) is 3.96. The molecule has 3 heterocycles. The van der Waals surface area contributed by atoms with Gasteiger partial charge in [0.05, 0.1) is 6.33 Å². The smallest absolute Gasteiger partial charge is 0.225 e. The Hall–Kier alpha value is -0.910. The second kappa shape index (κ2) is 4.64. The van der Waals surface area contributed by atoms with E-state index in [1.165, 1.54) is 0 Å². The molecule has 0 saturated carbocycles. The standard InChI is InChI=1S/C11H13Cl2N5/c1-17-4-2-7(3-5-17)18-6-14-8-9(12)15-11(13)16-10(8)18/h6-7H,2-5H2,1H3. The van der Waals surface area contributed by atoms with Gasteiger partial charge in [-0.05, 0) is 44.6 Å². The van der Waals surface area contributed by atoms with Crippen LogP contribution in [0.1, 0.15) is 18.9 Å². The van der Waals surface area contributed by atoms with Crippen LogP contribution in [-0.2, 0) is 0 Å². The van der Waals surface area contributed by atoms with Gasteiger partial charge in [-0.25, -0.2) is 9.97 Å². The molecule has 1 aliphatic heterocycles. The zero-order valence-electron chi connectivity index (χ0n) is 9.98. The maximum Gasteiger partial charge on any atom is 0.225 e. The number of aromatic nitrogens is 4. The van der Waals surface area contributed by atoms with Gasteiger partial charge < -0.3 is 9.47 Å². The van der Waals surface area contributed by atoms with E-state index in [2.05, 4.69) is 31.5 Å². The number of piperidine rings is 1. The largest absolute Gasteiger partial charge is 0.312 e. The number of halogens is 2. The third-order valence-corrected chi connectivity index (χ3v) is 3.87. The summed E-state index contributed by atoms with van der Waals surface area (Å²) in [4.78, 5) is 14.8. The molecule has 18 heavy (non-hydrogen) atoms. The van der Waals surface area contributed by atoms with Crippen molar-refractivity contribution < 1.29 is 0 Å². The van der Waals surface area contributed by atoms with E-state index in [1.54, 1.807) is 6.33 Å². The molecule has 0 bridgehead atoms. The van der Waals surface area contributed by atoms with Crippen molar-refractivity contribution >= 4 is 34.4 Å². The van der Waals surface area contributed by atoms with Crippen molar-refractivity contribution in [1.29, 1.82) is 0 Å². The molecular weight excluding hydrogens is 273 g/mol. The molecule has 1 saturated heterocycles. The molecule has 7 heteroatoms. The quantitative estimate of drug-likeness (QED) is 0.596. The van der Waals surface area contributed by atoms with Gasteiger partial charge in [-0.3, -0.25) is 0 Å². The highest BCUT2D eigenvalue weighted by Gasteiger charge is 2.21. The fraction of sp³-hybridized carbons (Fsp3) is 0.545. The number of nitrogens with zero attached hydrogens (tertiary/aromatic N) is 5. The van der Waals surface area contributed by atoms with Gasteiger partial charge in [0.25, 0.3) is 0 Å². The van der Waals surface area contributed by atoms with Crippen LogP contribution in [-0.4, -0.2) is 44.6 Å². The Kier molecular flexibility index (Phi) is 3.13. The summed E-state index contributed by atoms with van der Waals surface area (Å²) in [6, 6.07) is 0.410. The highest BCUT2D eigenvalue weighted by Crippen LogP contribution is 2.27. The fourth-order valence-corrected chi connectivity index (χ4v) is 2.82. The summed E-state index contributed by atoms with van der Waals surface area (Å²) in [5, 5.41) is 0.485. The Labute approximate surface area is 115 Å². The van der Waals surface area contributed by atoms with Gasteiger partial charge in [0.2, 0.25) is 5.28 Å². The number of fused-ring (bicyclic) bond motifs is 1. The van der Waals surface area contributed by atoms with Gasteiger partial charge in [0, 0.05) is 6.04 Å². The lowest BCUT2D eigenvalue weighted by Gasteiger charge is -2.29. The molecule has 2 aromatic heterocycles. The van der Waals surface area contributed by atoms with Gasteiger partial charge in [-0.15, -0.1) is 0 Å². The molecule has 0 spiro atoms. The Balaban J connectivity index is 2.02. The van der Waals surface area contributed by atoms with Crippen LogP contribution in [0.3, 0.4) is 0 Å². The minimum atomic E-state index is 0.169. The second-order valence-electron chi connectivity index (χ2n) is 4.64. The molecule has 0 aromatic carbocycles. The molecule has 0 amide bonds. The lowest BCUT2D eigenvalue weighted by molar-refractivity contribution is 0.223. The molecule has 0 atom stereocenters. The van der Waals surface area contributed by atoms with Crippen LogP contribution in [0.25, 0.3) is 11.2 Å². The Morgan fingerprint density at radius 2 is 1.94 bits per heavy atom. The normalized spacial score (nSPS) is 18.6. The molecular formula is C11H13Cl2N5. The first kappa shape index (κ1) is 12.1. The van der Waals surface area contributed by atoms with Gasteiger partial charge in [0.1, 0.15) is 5.52 Å². The Morgan fingerprint density at radius 1 is 1.22 bits per heavy atom. The van der Waals surface area contributed by atoms with Gasteiger partial charge in [-0.2, -0.15) is 4.98 Å². The van der Waals surface area contributed by atoms with Crippen LogP contribution < -0.4 is 0 Å². The lowest BCUT2D eigenvalue weighted by Crippen LogP contribution is -2.31. The van der Waals surface area contributed by atoms with Crippen molar-refractivity contribution in [2.24, 2.45) is 0 Å². The number of hydrogen-bond acceptors (Lipinski definition) is 4. The minimum Gasteiger partial charge on any atom is -0.312 e. The summed E-state index contributed by atoms with van der Waals surface area (Å²) in [5.74, 6) is 0. The number of rotatable bonds is 1. The van der Waals surface area contributed by atoms with Crippen LogP contribution in [0.5, 0.6) is 0 Å². The topological polar surface area (TPSA) is 46.8 Å². The summed E-state index contributed by atoms with van der Waals surface area (Å²) >= 11 is 11.9. The second-order valence-corrected chi connectivity index (χ2v) is 5.34. The third-order valence-electron chi connectivity index (χ3n) is 3.43. The number of hydrogen-bond donors (Lipinski definition) is 0. The highest BCUT2D eigenvalue weighted by molar-refractivity contribution is 6.35. The summed E-state index contributed by atoms with van der Waals surface area (Å²) in [5.41, 5.74) is 1.36. The fourth-order valence-electron chi connectivity index (χ4n) is 2.40. The van der Waals surface area contributed by atoms with Crippen molar-refractivity contribution in [2.45, 2.75) is 18.9 Å². The van der Waals surface area contributed by atoms with E-state index < -0.39 is 0 Å². The van der Waals surface area contributed by atoms with E-state index in [9.17, 15) is 0 Å². The predicted molar refractivity (Wildman–Crippen MR) is 71.1 cm³/mol. The molecule has 1 aliphatic rings. The Morgan fingerprint density at radius 3 is 2.67 bits per heavy atom. The van der Waals surface area contributed by atoms with Crippen molar-refractivity contribution in [1.82, 2.24) is 24.4 Å². The van der Waals surface area contributed by atoms with Crippen LogP contribution >= 0.6 is 23.2 Å². The van der Waals surface area contributed by atoms with Gasteiger partial charge >= 0.3 is 0 Å². The molecule has 0 N–H and O–H groups in total. The van der Waals surface area contributed by atoms with Crippen molar-refractivity contribution in [3.8, 4) is 0 Å². The molecule has 2 aromatic rings. The average molecular weight is 286 g/mol. The first-order valence-corrected chi connectivity index (χ1v) is 6.65. The Bertz CT molecular complexity index is 574. The third kappa shape index (κ3) is 2.06. The highest BCUT2D eigenvalue weighted by atomic mass is 35.5. The summed E-state index contributed by atoms with van der Waals surface area (Å²) < 4.78 is 2.07. The summed E-state index contributed by atoms with van der Waals surface area (Å²) in [6.45, 7) is 2.16. The van der Waals surface area contributed by atoms with E-state index in [0.29, 0.717) is 16.7 Å². The first-order valence-electron chi connectivity index (χ1n) is 5.89. The molecule has 0 radical (unpaired) electrons. The maximum absolute atomic E-state index is 6.02. The van der Waals surface area contributed by atoms with Gasteiger partial charge in [-0.1, -0.05) is 11.6 Å². The zero-order chi connectivity index (χ0) is 12.7. The van der Waals surface area contributed by atoms with E-state index in [4.69, 9.17) is 23.2 Å². The van der Waals surface area contributed by atoms with E-state index in [1.807, 2.05) is 0 Å². The molecule has 5 nitrogen and oxygen atoms in total. The molecule has 96 valence electrons. The molecule has 0 aliphatic carbocycles. The minimum absolute atomic E-state index is 0.169. The molecule has 0 unspecified atom stereocenters. The maximum atomic E-state index is 6.02. The number of likely N-dealkylation sites (tertiary alicyclic amines) is 1. The van der Waals surface area contributed by atoms with E-state index in [0.717, 1.165) is 31.6 Å². The summed E-state index contributed by atoms with van der Waals surface area (Å²) in [7, 11) is 2.14. The van der Waals surface area contributed by atoms with Crippen molar-refractivity contribution in [3.05, 3.63) is 16.8 Å². The van der Waals surface area contributed by atoms with Gasteiger partial charge in [0.15, 0.2) is 10.8 Å². The van der Waals surface area contributed by atoms with E-state index in [-0.39, 0.29) is 5.28 Å². The SMILES string of the molecule is CN1CCC(n2cnc3c(Cl)nc(Cl)nc32)CC1. The van der Waals surface area contributed by atoms with E-state index >= 15 is 0 Å². The zero-order valence-corrected chi connectivity index (χ0v) is 11.5. The van der Waals surface area contributed by atoms with Crippen LogP contribution in [0.2, 0.25) is 10.4 Å². The van der Waals surface area contributed by atoms with Crippen LogP contribution in [0.15, 0.2) is 6.33 Å². The van der Waals surface area contributed by atoms with Crippen molar-refractivity contribution in [2.75, 3.05) is 20.1 Å².